The predicted molar refractivity (Wildman–Crippen MR) is 98.0 cm³/mol. The Bertz CT molecular complexity index is 848. The lowest BCUT2D eigenvalue weighted by Gasteiger charge is -2.21. The molecule has 0 bridgehead atoms. The van der Waals surface area contributed by atoms with Gasteiger partial charge < -0.3 is 10.1 Å². The second-order valence-corrected chi connectivity index (χ2v) is 5.54. The zero-order valence-electron chi connectivity index (χ0n) is 13.8. The molecule has 1 atom stereocenters. The fourth-order valence-corrected chi connectivity index (χ4v) is 2.71. The minimum Gasteiger partial charge on any atom is -0.497 e. The number of ether oxygens (including phenoxy) is 1. The van der Waals surface area contributed by atoms with Crippen molar-refractivity contribution in [3.63, 3.8) is 0 Å². The summed E-state index contributed by atoms with van der Waals surface area (Å²) in [6.45, 7) is 0. The van der Waals surface area contributed by atoms with Crippen LogP contribution in [0.5, 0.6) is 5.75 Å². The lowest BCUT2D eigenvalue weighted by molar-refractivity contribution is -0.384. The van der Waals surface area contributed by atoms with Gasteiger partial charge in [0, 0.05) is 6.07 Å². The Hall–Kier alpha value is -3.34. The van der Waals surface area contributed by atoms with Crippen molar-refractivity contribution in [3.8, 4) is 5.75 Å². The first-order valence-electron chi connectivity index (χ1n) is 7.88. The van der Waals surface area contributed by atoms with Crippen LogP contribution in [0.25, 0.3) is 0 Å². The molecule has 5 nitrogen and oxygen atoms in total. The summed E-state index contributed by atoms with van der Waals surface area (Å²) >= 11 is 0. The molecule has 0 amide bonds. The fourth-order valence-electron chi connectivity index (χ4n) is 2.71. The zero-order valence-corrected chi connectivity index (χ0v) is 13.8. The van der Waals surface area contributed by atoms with Crippen LogP contribution in [-0.4, -0.2) is 12.0 Å². The molecule has 0 aliphatic heterocycles. The van der Waals surface area contributed by atoms with Gasteiger partial charge in [-0.05, 0) is 29.3 Å². The minimum atomic E-state index is -0.377. The maximum Gasteiger partial charge on any atom is 0.292 e. The number of nitrogens with one attached hydrogen (secondary N) is 1. The highest BCUT2D eigenvalue weighted by molar-refractivity contribution is 5.63. The lowest BCUT2D eigenvalue weighted by atomic mass is 9.98. The Morgan fingerprint density at radius 3 is 2.12 bits per heavy atom. The Morgan fingerprint density at radius 1 is 0.880 bits per heavy atom. The van der Waals surface area contributed by atoms with Gasteiger partial charge in [0.25, 0.3) is 5.69 Å². The van der Waals surface area contributed by atoms with E-state index in [-0.39, 0.29) is 16.7 Å². The second kappa shape index (κ2) is 7.49. The van der Waals surface area contributed by atoms with Gasteiger partial charge in [0.2, 0.25) is 0 Å². The fraction of sp³-hybridized carbons (Fsp3) is 0.100. The number of benzene rings is 3. The molecule has 1 N–H and O–H groups in total. The Kier molecular flexibility index (Phi) is 4.95. The van der Waals surface area contributed by atoms with Crippen molar-refractivity contribution < 1.29 is 9.66 Å². The summed E-state index contributed by atoms with van der Waals surface area (Å²) in [4.78, 5) is 10.9. The Labute approximate surface area is 146 Å². The van der Waals surface area contributed by atoms with E-state index in [2.05, 4.69) is 5.32 Å². The van der Waals surface area contributed by atoms with Gasteiger partial charge in [0.1, 0.15) is 11.4 Å². The van der Waals surface area contributed by atoms with E-state index in [0.29, 0.717) is 5.69 Å². The molecule has 0 unspecified atom stereocenters. The van der Waals surface area contributed by atoms with Gasteiger partial charge in [-0.1, -0.05) is 54.6 Å². The number of methoxy groups -OCH3 is 1. The summed E-state index contributed by atoms with van der Waals surface area (Å²) in [5.41, 5.74) is 2.55. The van der Waals surface area contributed by atoms with Crippen LogP contribution in [-0.2, 0) is 0 Å². The molecule has 0 aromatic heterocycles. The van der Waals surface area contributed by atoms with Crippen molar-refractivity contribution in [1.29, 1.82) is 0 Å². The Morgan fingerprint density at radius 2 is 1.48 bits per heavy atom. The normalized spacial score (nSPS) is 11.6. The van der Waals surface area contributed by atoms with Crippen LogP contribution in [0, 0.1) is 10.1 Å². The zero-order chi connectivity index (χ0) is 17.6. The van der Waals surface area contributed by atoms with Gasteiger partial charge in [-0.3, -0.25) is 10.1 Å². The van der Waals surface area contributed by atoms with E-state index in [1.54, 1.807) is 25.3 Å². The first kappa shape index (κ1) is 16.5. The SMILES string of the molecule is COc1ccc([C@H](Nc2ccccc2[N+](=O)[O-])c2ccccc2)cc1. The highest BCUT2D eigenvalue weighted by Gasteiger charge is 2.19. The average Bonchev–Trinajstić information content (AvgIpc) is 2.67. The largest absolute Gasteiger partial charge is 0.497 e. The molecule has 5 heteroatoms. The summed E-state index contributed by atoms with van der Waals surface area (Å²) in [6, 6.07) is 24.0. The van der Waals surface area contributed by atoms with E-state index in [1.165, 1.54) is 6.07 Å². The van der Waals surface area contributed by atoms with Crippen molar-refractivity contribution in [1.82, 2.24) is 0 Å². The summed E-state index contributed by atoms with van der Waals surface area (Å²) in [6.07, 6.45) is 0. The summed E-state index contributed by atoms with van der Waals surface area (Å²) in [5.74, 6) is 0.765. The number of nitro groups is 1. The molecule has 0 heterocycles. The highest BCUT2D eigenvalue weighted by atomic mass is 16.6. The molecule has 3 aromatic carbocycles. The van der Waals surface area contributed by atoms with E-state index >= 15 is 0 Å². The van der Waals surface area contributed by atoms with E-state index in [0.717, 1.165) is 16.9 Å². The third-order valence-corrected chi connectivity index (χ3v) is 3.98. The number of rotatable bonds is 6. The third kappa shape index (κ3) is 3.77. The van der Waals surface area contributed by atoms with Crippen LogP contribution in [0.2, 0.25) is 0 Å². The van der Waals surface area contributed by atoms with Crippen LogP contribution >= 0.6 is 0 Å². The third-order valence-electron chi connectivity index (χ3n) is 3.98. The molecule has 0 aliphatic carbocycles. The summed E-state index contributed by atoms with van der Waals surface area (Å²) < 4.78 is 5.21. The van der Waals surface area contributed by atoms with Crippen LogP contribution in [0.4, 0.5) is 11.4 Å². The highest BCUT2D eigenvalue weighted by Crippen LogP contribution is 2.32. The monoisotopic (exact) mass is 334 g/mol. The van der Waals surface area contributed by atoms with Crippen molar-refractivity contribution in [3.05, 3.63) is 100 Å². The molecule has 0 saturated carbocycles. The van der Waals surface area contributed by atoms with Gasteiger partial charge in [0.15, 0.2) is 0 Å². The van der Waals surface area contributed by atoms with Gasteiger partial charge >= 0.3 is 0 Å². The van der Waals surface area contributed by atoms with Crippen molar-refractivity contribution >= 4 is 11.4 Å². The van der Waals surface area contributed by atoms with Crippen LogP contribution in [0.3, 0.4) is 0 Å². The number of nitro benzene ring substituents is 1. The number of para-hydroxylation sites is 2. The van der Waals surface area contributed by atoms with Crippen molar-refractivity contribution in [2.45, 2.75) is 6.04 Å². The second-order valence-electron chi connectivity index (χ2n) is 5.54. The van der Waals surface area contributed by atoms with Crippen LogP contribution in [0.1, 0.15) is 17.2 Å². The molecule has 0 radical (unpaired) electrons. The van der Waals surface area contributed by atoms with E-state index in [1.807, 2.05) is 54.6 Å². The van der Waals surface area contributed by atoms with Gasteiger partial charge in [-0.2, -0.15) is 0 Å². The molecule has 3 rings (SSSR count). The summed E-state index contributed by atoms with van der Waals surface area (Å²) in [7, 11) is 1.62. The number of hydrogen-bond acceptors (Lipinski definition) is 4. The quantitative estimate of drug-likeness (QED) is 0.519. The molecular formula is C20H18N2O3. The molecule has 25 heavy (non-hydrogen) atoms. The first-order valence-corrected chi connectivity index (χ1v) is 7.88. The number of hydrogen-bond donors (Lipinski definition) is 1. The maximum atomic E-state index is 11.3. The van der Waals surface area contributed by atoms with Crippen LogP contribution in [0.15, 0.2) is 78.9 Å². The molecule has 0 aliphatic rings. The summed E-state index contributed by atoms with van der Waals surface area (Å²) in [5, 5.41) is 14.6. The lowest BCUT2D eigenvalue weighted by Crippen LogP contribution is -2.13. The first-order chi connectivity index (χ1) is 12.2. The smallest absolute Gasteiger partial charge is 0.292 e. The molecular weight excluding hydrogens is 316 g/mol. The van der Waals surface area contributed by atoms with E-state index in [4.69, 9.17) is 4.74 Å². The van der Waals surface area contributed by atoms with Crippen molar-refractivity contribution in [2.24, 2.45) is 0 Å². The van der Waals surface area contributed by atoms with E-state index < -0.39 is 0 Å². The van der Waals surface area contributed by atoms with Gasteiger partial charge in [-0.15, -0.1) is 0 Å². The molecule has 3 aromatic rings. The molecule has 126 valence electrons. The standard InChI is InChI=1S/C20H18N2O3/c1-25-17-13-11-16(12-14-17)20(15-7-3-2-4-8-15)21-18-9-5-6-10-19(18)22(23)24/h2-14,20-21H,1H3/t20-/m1/s1. The number of anilines is 1. The van der Waals surface area contributed by atoms with Gasteiger partial charge in [-0.25, -0.2) is 0 Å². The average molecular weight is 334 g/mol. The molecule has 0 saturated heterocycles. The van der Waals surface area contributed by atoms with Crippen LogP contribution < -0.4 is 10.1 Å². The molecule has 0 spiro atoms. The maximum absolute atomic E-state index is 11.3. The van der Waals surface area contributed by atoms with Gasteiger partial charge in [0.05, 0.1) is 18.1 Å². The number of nitrogens with zero attached hydrogens (tertiary/aromatic N) is 1. The van der Waals surface area contributed by atoms with E-state index in [9.17, 15) is 10.1 Å². The predicted octanol–water partition coefficient (Wildman–Crippen LogP) is 4.80. The minimum absolute atomic E-state index is 0.0527. The topological polar surface area (TPSA) is 64.4 Å². The van der Waals surface area contributed by atoms with Crippen molar-refractivity contribution in [2.75, 3.05) is 12.4 Å². The molecule has 0 fully saturated rings. The Balaban J connectivity index is 2.01.